The van der Waals surface area contributed by atoms with Crippen LogP contribution < -0.4 is 5.32 Å². The van der Waals surface area contributed by atoms with Gasteiger partial charge in [-0.2, -0.15) is 0 Å². The highest BCUT2D eigenvalue weighted by atomic mass is 35.5. The van der Waals surface area contributed by atoms with Crippen LogP contribution in [0.1, 0.15) is 57.1 Å². The molecule has 1 saturated carbocycles. The van der Waals surface area contributed by atoms with Gasteiger partial charge in [-0.05, 0) is 73.6 Å². The van der Waals surface area contributed by atoms with Crippen LogP contribution in [0.3, 0.4) is 0 Å². The molecule has 4 heteroatoms. The molecule has 0 bridgehead atoms. The average molecular weight is 370 g/mol. The van der Waals surface area contributed by atoms with Gasteiger partial charge in [-0.25, -0.2) is 0 Å². The molecule has 0 heterocycles. The Morgan fingerprint density at radius 3 is 2.42 bits per heavy atom. The highest BCUT2D eigenvalue weighted by Crippen LogP contribution is 2.36. The van der Waals surface area contributed by atoms with E-state index in [1.165, 1.54) is 5.56 Å². The van der Waals surface area contributed by atoms with Gasteiger partial charge in [-0.3, -0.25) is 4.79 Å². The van der Waals surface area contributed by atoms with Gasteiger partial charge in [0, 0.05) is 23.0 Å². The molecule has 0 aliphatic heterocycles. The SMILES string of the molecule is CCc1cc(Cl)c(CC2CCCC(C(=O)NC)CCC2C)c(Cl)c1. The fraction of sp³-hybridized carbons (Fsp3) is 0.650. The third-order valence-corrected chi connectivity index (χ3v) is 6.27. The zero-order valence-electron chi connectivity index (χ0n) is 15.0. The molecule has 0 saturated heterocycles. The number of halogens is 2. The maximum Gasteiger partial charge on any atom is 0.222 e. The summed E-state index contributed by atoms with van der Waals surface area (Å²) in [5, 5.41) is 4.41. The van der Waals surface area contributed by atoms with Gasteiger partial charge in [0.25, 0.3) is 0 Å². The minimum absolute atomic E-state index is 0.175. The van der Waals surface area contributed by atoms with E-state index in [2.05, 4.69) is 31.3 Å². The van der Waals surface area contributed by atoms with Crippen molar-refractivity contribution in [1.29, 1.82) is 0 Å². The standard InChI is InChI=1S/C20H29Cl2NO/c1-4-14-10-18(21)17(19(22)11-14)12-16-7-5-6-15(20(24)23-3)9-8-13(16)2/h10-11,13,15-16H,4-9,12H2,1-3H3,(H,23,24). The zero-order valence-corrected chi connectivity index (χ0v) is 16.5. The molecule has 1 N–H and O–H groups in total. The van der Waals surface area contributed by atoms with Gasteiger partial charge in [0.1, 0.15) is 0 Å². The normalized spacial score (nSPS) is 25.0. The molecule has 1 aliphatic rings. The van der Waals surface area contributed by atoms with Crippen LogP contribution in [0.5, 0.6) is 0 Å². The Kier molecular flexibility index (Phi) is 7.43. The molecular formula is C20H29Cl2NO. The molecule has 2 nitrogen and oxygen atoms in total. The molecule has 1 amide bonds. The van der Waals surface area contributed by atoms with Gasteiger partial charge in [-0.1, -0.05) is 43.5 Å². The van der Waals surface area contributed by atoms with E-state index in [4.69, 9.17) is 23.2 Å². The number of hydrogen-bond acceptors (Lipinski definition) is 1. The fourth-order valence-corrected chi connectivity index (χ4v) is 4.53. The molecule has 24 heavy (non-hydrogen) atoms. The van der Waals surface area contributed by atoms with Crippen LogP contribution in [0.2, 0.25) is 10.0 Å². The minimum atomic E-state index is 0.175. The second kappa shape index (κ2) is 9.10. The minimum Gasteiger partial charge on any atom is -0.359 e. The summed E-state index contributed by atoms with van der Waals surface area (Å²) in [6, 6.07) is 4.11. The van der Waals surface area contributed by atoms with Crippen LogP contribution in [0.25, 0.3) is 0 Å². The number of benzene rings is 1. The first-order valence-electron chi connectivity index (χ1n) is 9.14. The van der Waals surface area contributed by atoms with Gasteiger partial charge in [0.05, 0.1) is 0 Å². The number of nitrogens with one attached hydrogen (secondary N) is 1. The monoisotopic (exact) mass is 369 g/mol. The van der Waals surface area contributed by atoms with E-state index in [1.807, 2.05) is 0 Å². The number of rotatable bonds is 4. The van der Waals surface area contributed by atoms with Gasteiger partial charge in [0.15, 0.2) is 0 Å². The molecule has 134 valence electrons. The van der Waals surface area contributed by atoms with Crippen LogP contribution in [0.15, 0.2) is 12.1 Å². The number of amides is 1. The second-order valence-electron chi connectivity index (χ2n) is 7.15. The molecule has 3 unspecified atom stereocenters. The molecule has 2 rings (SSSR count). The van der Waals surface area contributed by atoms with Crippen molar-refractivity contribution in [2.24, 2.45) is 17.8 Å². The van der Waals surface area contributed by atoms with Crippen molar-refractivity contribution in [2.75, 3.05) is 7.05 Å². The molecule has 0 aromatic heterocycles. The lowest BCUT2D eigenvalue weighted by molar-refractivity contribution is -0.125. The average Bonchev–Trinajstić information content (AvgIpc) is 2.56. The van der Waals surface area contributed by atoms with E-state index in [-0.39, 0.29) is 11.8 Å². The summed E-state index contributed by atoms with van der Waals surface area (Å²) in [7, 11) is 1.73. The van der Waals surface area contributed by atoms with Crippen LogP contribution in [0, 0.1) is 17.8 Å². The summed E-state index contributed by atoms with van der Waals surface area (Å²) in [5.41, 5.74) is 2.28. The van der Waals surface area contributed by atoms with Gasteiger partial charge in [0.2, 0.25) is 5.91 Å². The predicted molar refractivity (Wildman–Crippen MR) is 103 cm³/mol. The Balaban J connectivity index is 2.07. The molecular weight excluding hydrogens is 341 g/mol. The highest BCUT2D eigenvalue weighted by Gasteiger charge is 2.26. The van der Waals surface area contributed by atoms with Crippen molar-refractivity contribution in [3.8, 4) is 0 Å². The van der Waals surface area contributed by atoms with E-state index in [0.717, 1.165) is 60.6 Å². The first kappa shape index (κ1) is 19.6. The largest absolute Gasteiger partial charge is 0.359 e. The number of hydrogen-bond donors (Lipinski definition) is 1. The van der Waals surface area contributed by atoms with Crippen molar-refractivity contribution in [2.45, 2.75) is 58.8 Å². The van der Waals surface area contributed by atoms with Crippen molar-refractivity contribution in [3.63, 3.8) is 0 Å². The van der Waals surface area contributed by atoms with Gasteiger partial charge >= 0.3 is 0 Å². The maximum absolute atomic E-state index is 11.9. The van der Waals surface area contributed by atoms with Crippen LogP contribution in [-0.2, 0) is 17.6 Å². The fourth-order valence-electron chi connectivity index (χ4n) is 3.84. The third-order valence-electron chi connectivity index (χ3n) is 5.60. The summed E-state index contributed by atoms with van der Waals surface area (Å²) in [6.07, 6.45) is 7.16. The lowest BCUT2D eigenvalue weighted by Gasteiger charge is -2.30. The van der Waals surface area contributed by atoms with Crippen molar-refractivity contribution in [3.05, 3.63) is 33.3 Å². The van der Waals surface area contributed by atoms with Gasteiger partial charge in [-0.15, -0.1) is 0 Å². The first-order chi connectivity index (χ1) is 11.5. The second-order valence-corrected chi connectivity index (χ2v) is 7.97. The Morgan fingerprint density at radius 1 is 1.17 bits per heavy atom. The van der Waals surface area contributed by atoms with Crippen molar-refractivity contribution in [1.82, 2.24) is 5.32 Å². The molecule has 3 atom stereocenters. The first-order valence-corrected chi connectivity index (χ1v) is 9.90. The van der Waals surface area contributed by atoms with Crippen molar-refractivity contribution >= 4 is 29.1 Å². The quantitative estimate of drug-likeness (QED) is 0.726. The smallest absolute Gasteiger partial charge is 0.222 e. The molecule has 1 aliphatic carbocycles. The molecule has 1 fully saturated rings. The van der Waals surface area contributed by atoms with Gasteiger partial charge < -0.3 is 5.32 Å². The van der Waals surface area contributed by atoms with E-state index in [0.29, 0.717) is 11.8 Å². The maximum atomic E-state index is 11.9. The third kappa shape index (κ3) is 4.89. The number of aryl methyl sites for hydroxylation is 1. The molecule has 0 spiro atoms. The van der Waals surface area contributed by atoms with E-state index < -0.39 is 0 Å². The van der Waals surface area contributed by atoms with Crippen LogP contribution in [0.4, 0.5) is 0 Å². The van der Waals surface area contributed by atoms with E-state index in [9.17, 15) is 4.79 Å². The molecule has 0 radical (unpaired) electrons. The summed E-state index contributed by atoms with van der Waals surface area (Å²) >= 11 is 13.0. The summed E-state index contributed by atoms with van der Waals surface area (Å²) in [4.78, 5) is 11.9. The highest BCUT2D eigenvalue weighted by molar-refractivity contribution is 6.36. The lowest BCUT2D eigenvalue weighted by Crippen LogP contribution is -2.30. The summed E-state index contributed by atoms with van der Waals surface area (Å²) in [5.74, 6) is 1.53. The number of carbonyl (C=O) groups is 1. The molecule has 1 aromatic rings. The van der Waals surface area contributed by atoms with Crippen LogP contribution in [-0.4, -0.2) is 13.0 Å². The van der Waals surface area contributed by atoms with Crippen LogP contribution >= 0.6 is 23.2 Å². The zero-order chi connectivity index (χ0) is 17.7. The van der Waals surface area contributed by atoms with E-state index >= 15 is 0 Å². The van der Waals surface area contributed by atoms with Crippen molar-refractivity contribution < 1.29 is 4.79 Å². The van der Waals surface area contributed by atoms with E-state index in [1.54, 1.807) is 7.05 Å². The summed E-state index contributed by atoms with van der Waals surface area (Å²) < 4.78 is 0. The lowest BCUT2D eigenvalue weighted by atomic mass is 9.76. The number of carbonyl (C=O) groups excluding carboxylic acids is 1. The Labute approximate surface area is 156 Å². The Morgan fingerprint density at radius 2 is 1.83 bits per heavy atom. The predicted octanol–water partition coefficient (Wildman–Crippen LogP) is 5.68. The molecule has 1 aromatic carbocycles. The summed E-state index contributed by atoms with van der Waals surface area (Å²) in [6.45, 7) is 4.42. The topological polar surface area (TPSA) is 29.1 Å². The Bertz CT molecular complexity index is 550. The Hall–Kier alpha value is -0.730.